The number of para-hydroxylation sites is 1. The molecule has 0 aromatic heterocycles. The fourth-order valence-corrected chi connectivity index (χ4v) is 5.20. The Balaban J connectivity index is 2.03. The Morgan fingerprint density at radius 2 is 1.71 bits per heavy atom. The molecule has 1 fully saturated rings. The first-order valence-corrected chi connectivity index (χ1v) is 11.2. The Kier molecular flexibility index (Phi) is 6.15. The van der Waals surface area contributed by atoms with E-state index in [-0.39, 0.29) is 19.6 Å². The molecule has 2 aliphatic heterocycles. The minimum absolute atomic E-state index is 0.0212. The maximum absolute atomic E-state index is 13.9. The van der Waals surface area contributed by atoms with E-state index in [1.165, 1.54) is 4.90 Å². The molecule has 2 aliphatic rings. The molecule has 2 heterocycles. The van der Waals surface area contributed by atoms with Crippen LogP contribution >= 0.6 is 0 Å². The highest BCUT2D eigenvalue weighted by Gasteiger charge is 2.75. The van der Waals surface area contributed by atoms with Gasteiger partial charge in [0.2, 0.25) is 0 Å². The van der Waals surface area contributed by atoms with E-state index in [9.17, 15) is 19.6 Å². The van der Waals surface area contributed by atoms with Gasteiger partial charge in [-0.2, -0.15) is 5.26 Å². The summed E-state index contributed by atoms with van der Waals surface area (Å²) in [5.74, 6) is -3.11. The Bertz CT molecular complexity index is 1160. The van der Waals surface area contributed by atoms with Crippen molar-refractivity contribution in [3.63, 3.8) is 0 Å². The fraction of sp³-hybridized carbons (Fsp3) is 0.385. The third kappa shape index (κ3) is 3.19. The van der Waals surface area contributed by atoms with E-state index in [1.54, 1.807) is 75.5 Å². The number of likely N-dealkylation sites (N-methyl/N-ethyl adjacent to an activating group) is 1. The van der Waals surface area contributed by atoms with E-state index < -0.39 is 40.9 Å². The van der Waals surface area contributed by atoms with Crippen LogP contribution in [0.2, 0.25) is 0 Å². The number of amides is 1. The fourth-order valence-electron chi connectivity index (χ4n) is 5.20. The average molecular weight is 463 g/mol. The van der Waals surface area contributed by atoms with Crippen molar-refractivity contribution in [2.45, 2.75) is 32.0 Å². The SMILES string of the molecule is CCOC(=O)C[C@H]1[C@](C#N)(C(=O)OCC)[C@@H](c2ccccc2)O[C@]12C(=O)N(C)c1ccccc12. The highest BCUT2D eigenvalue weighted by molar-refractivity contribution is 6.08. The third-order valence-corrected chi connectivity index (χ3v) is 6.62. The molecule has 1 spiro atoms. The lowest BCUT2D eigenvalue weighted by Crippen LogP contribution is -2.49. The van der Waals surface area contributed by atoms with Crippen LogP contribution in [-0.4, -0.2) is 38.1 Å². The molecule has 1 saturated heterocycles. The van der Waals surface area contributed by atoms with Gasteiger partial charge in [-0.15, -0.1) is 0 Å². The minimum atomic E-state index is -1.97. The molecule has 4 rings (SSSR count). The zero-order valence-electron chi connectivity index (χ0n) is 19.3. The second-order valence-electron chi connectivity index (χ2n) is 8.29. The molecule has 8 heteroatoms. The van der Waals surface area contributed by atoms with E-state index in [0.29, 0.717) is 16.8 Å². The lowest BCUT2D eigenvalue weighted by molar-refractivity contribution is -0.157. The van der Waals surface area contributed by atoms with Crippen LogP contribution in [-0.2, 0) is 34.2 Å². The van der Waals surface area contributed by atoms with Gasteiger partial charge in [0.05, 0.1) is 31.4 Å². The van der Waals surface area contributed by atoms with Gasteiger partial charge < -0.3 is 19.1 Å². The first-order valence-electron chi connectivity index (χ1n) is 11.2. The van der Waals surface area contributed by atoms with Gasteiger partial charge >= 0.3 is 11.9 Å². The molecule has 2 aromatic carbocycles. The molecule has 0 N–H and O–H groups in total. The van der Waals surface area contributed by atoms with Gasteiger partial charge in [-0.3, -0.25) is 14.4 Å². The molecule has 0 radical (unpaired) electrons. The number of hydrogen-bond acceptors (Lipinski definition) is 7. The maximum Gasteiger partial charge on any atom is 0.330 e. The number of carbonyl (C=O) groups is 3. The quantitative estimate of drug-likeness (QED) is 0.607. The summed E-state index contributed by atoms with van der Waals surface area (Å²) in [6.45, 7) is 3.44. The minimum Gasteiger partial charge on any atom is -0.466 e. The van der Waals surface area contributed by atoms with Crippen LogP contribution in [0.15, 0.2) is 54.6 Å². The molecular formula is C26H26N2O6. The average Bonchev–Trinajstić information content (AvgIpc) is 3.26. The van der Waals surface area contributed by atoms with Crippen LogP contribution in [0.1, 0.15) is 37.5 Å². The van der Waals surface area contributed by atoms with Crippen LogP contribution in [0.5, 0.6) is 0 Å². The van der Waals surface area contributed by atoms with Crippen LogP contribution < -0.4 is 4.90 Å². The van der Waals surface area contributed by atoms with Gasteiger partial charge in [-0.1, -0.05) is 48.5 Å². The molecule has 1 amide bonds. The Hall–Kier alpha value is -3.70. The zero-order valence-corrected chi connectivity index (χ0v) is 19.3. The molecular weight excluding hydrogens is 436 g/mol. The van der Waals surface area contributed by atoms with Gasteiger partial charge in [0, 0.05) is 18.5 Å². The summed E-state index contributed by atoms with van der Waals surface area (Å²) in [5, 5.41) is 10.6. The molecule has 2 aromatic rings. The largest absolute Gasteiger partial charge is 0.466 e. The number of fused-ring (bicyclic) bond motifs is 2. The maximum atomic E-state index is 13.9. The smallest absolute Gasteiger partial charge is 0.330 e. The predicted molar refractivity (Wildman–Crippen MR) is 121 cm³/mol. The van der Waals surface area contributed by atoms with E-state index in [1.807, 2.05) is 0 Å². The summed E-state index contributed by atoms with van der Waals surface area (Å²) in [6, 6.07) is 18.0. The van der Waals surface area contributed by atoms with Crippen molar-refractivity contribution in [2.24, 2.45) is 11.3 Å². The molecule has 4 atom stereocenters. The molecule has 34 heavy (non-hydrogen) atoms. The van der Waals surface area contributed by atoms with E-state index in [0.717, 1.165) is 0 Å². The van der Waals surface area contributed by atoms with Crippen molar-refractivity contribution in [1.82, 2.24) is 0 Å². The normalized spacial score (nSPS) is 27.4. The van der Waals surface area contributed by atoms with E-state index in [4.69, 9.17) is 14.2 Å². The predicted octanol–water partition coefficient (Wildman–Crippen LogP) is 3.27. The number of ether oxygens (including phenoxy) is 3. The molecule has 0 bridgehead atoms. The zero-order chi connectivity index (χ0) is 24.5. The first kappa shape index (κ1) is 23.5. The van der Waals surface area contributed by atoms with Crippen molar-refractivity contribution in [3.8, 4) is 6.07 Å². The summed E-state index contributed by atoms with van der Waals surface area (Å²) in [6.07, 6.45) is -1.53. The highest BCUT2D eigenvalue weighted by atomic mass is 16.6. The number of nitriles is 1. The topological polar surface area (TPSA) is 106 Å². The number of anilines is 1. The van der Waals surface area contributed by atoms with Crippen molar-refractivity contribution in [2.75, 3.05) is 25.2 Å². The van der Waals surface area contributed by atoms with Crippen LogP contribution in [0.4, 0.5) is 5.69 Å². The van der Waals surface area contributed by atoms with Crippen molar-refractivity contribution < 1.29 is 28.6 Å². The van der Waals surface area contributed by atoms with Crippen LogP contribution in [0, 0.1) is 22.7 Å². The standard InChI is InChI=1S/C26H26N2O6/c1-4-32-21(29)15-20-25(16-27,24(31)33-5-2)22(17-11-7-6-8-12-17)34-26(20)18-13-9-10-14-19(18)28(3)23(26)30/h6-14,20,22H,4-5,15H2,1-3H3/t20-,22+,25-,26-/m0/s1. The summed E-state index contributed by atoms with van der Waals surface area (Å²) in [5.41, 5.74) is -2.10. The number of benzene rings is 2. The number of carbonyl (C=O) groups excluding carboxylic acids is 3. The number of rotatable bonds is 6. The molecule has 0 aliphatic carbocycles. The van der Waals surface area contributed by atoms with Gasteiger partial charge in [-0.05, 0) is 25.5 Å². The third-order valence-electron chi connectivity index (χ3n) is 6.62. The summed E-state index contributed by atoms with van der Waals surface area (Å²) in [4.78, 5) is 41.7. The number of esters is 2. The Labute approximate surface area is 198 Å². The molecule has 0 unspecified atom stereocenters. The Morgan fingerprint density at radius 3 is 2.35 bits per heavy atom. The molecule has 176 valence electrons. The summed E-state index contributed by atoms with van der Waals surface area (Å²) >= 11 is 0. The second kappa shape index (κ2) is 8.92. The summed E-state index contributed by atoms with van der Waals surface area (Å²) < 4.78 is 17.1. The van der Waals surface area contributed by atoms with Gasteiger partial charge in [0.1, 0.15) is 6.10 Å². The van der Waals surface area contributed by atoms with Gasteiger partial charge in [-0.25, -0.2) is 0 Å². The van der Waals surface area contributed by atoms with Crippen molar-refractivity contribution in [3.05, 3.63) is 65.7 Å². The lowest BCUT2D eigenvalue weighted by Gasteiger charge is -2.33. The van der Waals surface area contributed by atoms with Crippen LogP contribution in [0.3, 0.4) is 0 Å². The van der Waals surface area contributed by atoms with E-state index >= 15 is 0 Å². The Morgan fingerprint density at radius 1 is 1.06 bits per heavy atom. The van der Waals surface area contributed by atoms with Gasteiger partial charge in [0.25, 0.3) is 5.91 Å². The first-order chi connectivity index (χ1) is 16.4. The van der Waals surface area contributed by atoms with E-state index in [2.05, 4.69) is 6.07 Å². The monoisotopic (exact) mass is 462 g/mol. The van der Waals surface area contributed by atoms with Gasteiger partial charge in [0.15, 0.2) is 11.0 Å². The van der Waals surface area contributed by atoms with Crippen molar-refractivity contribution >= 4 is 23.5 Å². The number of nitrogens with zero attached hydrogens (tertiary/aromatic N) is 2. The highest BCUT2D eigenvalue weighted by Crippen LogP contribution is 2.65. The van der Waals surface area contributed by atoms with Crippen LogP contribution in [0.25, 0.3) is 0 Å². The number of hydrogen-bond donors (Lipinski definition) is 0. The second-order valence-corrected chi connectivity index (χ2v) is 8.29. The lowest BCUT2D eigenvalue weighted by atomic mass is 9.64. The molecule has 8 nitrogen and oxygen atoms in total. The summed E-state index contributed by atoms with van der Waals surface area (Å²) in [7, 11) is 1.61. The van der Waals surface area contributed by atoms with Crippen molar-refractivity contribution in [1.29, 1.82) is 5.26 Å². The molecule has 0 saturated carbocycles.